The number of fused-ring (bicyclic) bond motifs is 1. The Morgan fingerprint density at radius 3 is 2.56 bits per heavy atom. The summed E-state index contributed by atoms with van der Waals surface area (Å²) < 4.78 is 53.9. The predicted molar refractivity (Wildman–Crippen MR) is 114 cm³/mol. The summed E-state index contributed by atoms with van der Waals surface area (Å²) in [4.78, 5) is 23.8. The number of nitrogens with zero attached hydrogens (tertiary/aromatic N) is 4. The number of carbonyl (C=O) groups excluding carboxylic acids is 1. The van der Waals surface area contributed by atoms with Gasteiger partial charge in [-0.2, -0.15) is 0 Å². The first-order chi connectivity index (χ1) is 15.1. The van der Waals surface area contributed by atoms with Crippen LogP contribution < -0.4 is 11.1 Å². The molecule has 0 spiro atoms. The van der Waals surface area contributed by atoms with Gasteiger partial charge >= 0.3 is 0 Å². The highest BCUT2D eigenvalue weighted by Gasteiger charge is 2.25. The van der Waals surface area contributed by atoms with E-state index in [9.17, 15) is 22.0 Å². The summed E-state index contributed by atoms with van der Waals surface area (Å²) in [6, 6.07) is 3.75. The van der Waals surface area contributed by atoms with Crippen LogP contribution >= 0.6 is 0 Å². The van der Waals surface area contributed by atoms with E-state index in [0.717, 1.165) is 18.5 Å². The summed E-state index contributed by atoms with van der Waals surface area (Å²) in [5.74, 6) is -2.16. The number of sulfonamides is 1. The molecule has 0 unspecified atom stereocenters. The van der Waals surface area contributed by atoms with Crippen LogP contribution in [0.4, 0.5) is 14.7 Å². The average molecular weight is 462 g/mol. The first kappa shape index (κ1) is 22.0. The molecule has 0 atom stereocenters. The third kappa shape index (κ3) is 4.36. The second kappa shape index (κ2) is 8.36. The molecule has 1 amide bonds. The summed E-state index contributed by atoms with van der Waals surface area (Å²) in [7, 11) is -3.25. The highest BCUT2D eigenvalue weighted by molar-refractivity contribution is 7.88. The average Bonchev–Trinajstić information content (AvgIpc) is 2.74. The van der Waals surface area contributed by atoms with Crippen LogP contribution in [0.5, 0.6) is 0 Å². The number of nitrogens with one attached hydrogen (secondary N) is 1. The molecule has 2 aromatic heterocycles. The van der Waals surface area contributed by atoms with Gasteiger partial charge in [0.15, 0.2) is 5.82 Å². The van der Waals surface area contributed by atoms with Crippen LogP contribution in [0.1, 0.15) is 23.2 Å². The third-order valence-electron chi connectivity index (χ3n) is 5.34. The zero-order valence-corrected chi connectivity index (χ0v) is 17.9. The quantitative estimate of drug-likeness (QED) is 0.592. The molecule has 0 bridgehead atoms. The van der Waals surface area contributed by atoms with Gasteiger partial charge in [0, 0.05) is 36.3 Å². The van der Waals surface area contributed by atoms with Crippen LogP contribution in [-0.2, 0) is 10.0 Å². The number of amides is 1. The smallest absolute Gasteiger partial charge is 0.249 e. The highest BCUT2D eigenvalue weighted by Crippen LogP contribution is 2.29. The van der Waals surface area contributed by atoms with Gasteiger partial charge < -0.3 is 11.1 Å². The highest BCUT2D eigenvalue weighted by atomic mass is 32.2. The predicted octanol–water partition coefficient (Wildman–Crippen LogP) is 1.90. The number of primary amides is 1. The van der Waals surface area contributed by atoms with Gasteiger partial charge in [-0.05, 0) is 31.0 Å². The van der Waals surface area contributed by atoms with Crippen LogP contribution in [0.15, 0.2) is 30.6 Å². The van der Waals surface area contributed by atoms with Crippen molar-refractivity contribution >= 4 is 32.8 Å². The molecule has 3 aromatic rings. The molecule has 9 nitrogen and oxygen atoms in total. The van der Waals surface area contributed by atoms with Crippen molar-refractivity contribution in [2.24, 2.45) is 5.73 Å². The van der Waals surface area contributed by atoms with Crippen molar-refractivity contribution in [3.05, 3.63) is 47.8 Å². The Hall–Kier alpha value is -3.25. The molecule has 0 aliphatic carbocycles. The molecule has 12 heteroatoms. The maximum absolute atomic E-state index is 14.7. The van der Waals surface area contributed by atoms with Gasteiger partial charge in [-0.25, -0.2) is 31.5 Å². The first-order valence-corrected chi connectivity index (χ1v) is 11.6. The van der Waals surface area contributed by atoms with E-state index in [1.165, 1.54) is 22.6 Å². The van der Waals surface area contributed by atoms with Gasteiger partial charge in [-0.15, -0.1) is 0 Å². The molecule has 1 fully saturated rings. The van der Waals surface area contributed by atoms with Crippen molar-refractivity contribution in [2.75, 3.05) is 24.7 Å². The van der Waals surface area contributed by atoms with Crippen LogP contribution in [0.3, 0.4) is 0 Å². The van der Waals surface area contributed by atoms with Gasteiger partial charge in [-0.3, -0.25) is 9.78 Å². The molecular weight excluding hydrogens is 442 g/mol. The lowest BCUT2D eigenvalue weighted by atomic mass is 10.0. The maximum atomic E-state index is 14.7. The standard InChI is InChI=1S/C20H20F2N6O3S/c1-32(30,31)28-6-3-12(4-7-28)26-20-25-10-16(22)17(27-20)11-8-14-13(19(23)29)2-5-24-18(14)15(21)9-11/h2,5,8-10,12H,3-4,6-7H2,1H3,(H2,23,29)(H,25,26,27). The number of nitrogens with two attached hydrogens (primary N) is 1. The normalized spacial score (nSPS) is 15.7. The minimum atomic E-state index is -3.25. The molecule has 1 aliphatic heterocycles. The number of aromatic nitrogens is 3. The number of piperidine rings is 1. The van der Waals surface area contributed by atoms with Gasteiger partial charge in [0.05, 0.1) is 18.0 Å². The largest absolute Gasteiger partial charge is 0.366 e. The Morgan fingerprint density at radius 1 is 1.19 bits per heavy atom. The van der Waals surface area contributed by atoms with Crippen molar-refractivity contribution in [3.8, 4) is 11.3 Å². The summed E-state index contributed by atoms with van der Waals surface area (Å²) >= 11 is 0. The van der Waals surface area contributed by atoms with E-state index in [0.29, 0.717) is 25.9 Å². The van der Waals surface area contributed by atoms with E-state index in [1.54, 1.807) is 0 Å². The number of carbonyl (C=O) groups is 1. The molecule has 1 saturated heterocycles. The van der Waals surface area contributed by atoms with Gasteiger partial charge in [0.2, 0.25) is 21.9 Å². The number of benzene rings is 1. The van der Waals surface area contributed by atoms with Gasteiger partial charge in [-0.1, -0.05) is 0 Å². The molecule has 1 aliphatic rings. The lowest BCUT2D eigenvalue weighted by Crippen LogP contribution is -2.42. The summed E-state index contributed by atoms with van der Waals surface area (Å²) in [5.41, 5.74) is 5.31. The molecule has 0 saturated carbocycles. The molecule has 3 N–H and O–H groups in total. The number of hydrogen-bond acceptors (Lipinski definition) is 7. The molecule has 4 rings (SSSR count). The zero-order chi connectivity index (χ0) is 23.0. The van der Waals surface area contributed by atoms with E-state index in [1.807, 2.05) is 0 Å². The van der Waals surface area contributed by atoms with Crippen LogP contribution in [0.25, 0.3) is 22.2 Å². The summed E-state index contributed by atoms with van der Waals surface area (Å²) in [6.45, 7) is 0.701. The number of hydrogen-bond donors (Lipinski definition) is 2. The lowest BCUT2D eigenvalue weighted by molar-refractivity contribution is 0.100. The molecule has 3 heterocycles. The molecular formula is C20H20F2N6O3S. The fourth-order valence-electron chi connectivity index (χ4n) is 3.72. The Bertz CT molecular complexity index is 1310. The summed E-state index contributed by atoms with van der Waals surface area (Å²) in [5, 5.41) is 3.23. The Labute approximate surface area is 182 Å². The van der Waals surface area contributed by atoms with Gasteiger partial charge in [0.25, 0.3) is 0 Å². The van der Waals surface area contributed by atoms with E-state index in [4.69, 9.17) is 5.73 Å². The van der Waals surface area contributed by atoms with E-state index in [2.05, 4.69) is 20.3 Å². The van der Waals surface area contributed by atoms with Crippen molar-refractivity contribution in [2.45, 2.75) is 18.9 Å². The number of anilines is 1. The van der Waals surface area contributed by atoms with Crippen molar-refractivity contribution < 1.29 is 22.0 Å². The van der Waals surface area contributed by atoms with E-state index in [-0.39, 0.29) is 39.7 Å². The maximum Gasteiger partial charge on any atom is 0.249 e. The topological polar surface area (TPSA) is 131 Å². The number of halogens is 2. The third-order valence-corrected chi connectivity index (χ3v) is 6.64. The van der Waals surface area contributed by atoms with Crippen molar-refractivity contribution in [1.29, 1.82) is 0 Å². The molecule has 1 aromatic carbocycles. The summed E-state index contributed by atoms with van der Waals surface area (Å²) in [6.07, 6.45) is 4.46. The Morgan fingerprint density at radius 2 is 1.91 bits per heavy atom. The first-order valence-electron chi connectivity index (χ1n) is 9.76. The Kier molecular flexibility index (Phi) is 5.73. The second-order valence-electron chi connectivity index (χ2n) is 7.55. The monoisotopic (exact) mass is 462 g/mol. The minimum Gasteiger partial charge on any atom is -0.366 e. The number of rotatable bonds is 5. The zero-order valence-electron chi connectivity index (χ0n) is 17.0. The molecule has 32 heavy (non-hydrogen) atoms. The van der Waals surface area contributed by atoms with Crippen LogP contribution in [0.2, 0.25) is 0 Å². The van der Waals surface area contributed by atoms with Crippen molar-refractivity contribution in [3.63, 3.8) is 0 Å². The second-order valence-corrected chi connectivity index (χ2v) is 9.53. The minimum absolute atomic E-state index is 0.0567. The molecule has 168 valence electrons. The Balaban J connectivity index is 1.64. The number of pyridine rings is 1. The fraction of sp³-hybridized carbons (Fsp3) is 0.300. The van der Waals surface area contributed by atoms with Crippen molar-refractivity contribution in [1.82, 2.24) is 19.3 Å². The fourth-order valence-corrected chi connectivity index (χ4v) is 4.59. The SMILES string of the molecule is CS(=O)(=O)N1CCC(Nc2ncc(F)c(-c3cc(F)c4nccc(C(N)=O)c4c3)n2)CC1. The van der Waals surface area contributed by atoms with Gasteiger partial charge in [0.1, 0.15) is 17.0 Å². The van der Waals surface area contributed by atoms with Crippen LogP contribution in [-0.4, -0.2) is 59.0 Å². The van der Waals surface area contributed by atoms with E-state index < -0.39 is 27.6 Å². The lowest BCUT2D eigenvalue weighted by Gasteiger charge is -2.30. The van der Waals surface area contributed by atoms with Crippen LogP contribution in [0, 0.1) is 11.6 Å². The van der Waals surface area contributed by atoms with E-state index >= 15 is 0 Å². The molecule has 0 radical (unpaired) electrons.